The first kappa shape index (κ1) is 10.7. The minimum absolute atomic E-state index is 0.167. The van der Waals surface area contributed by atoms with Gasteiger partial charge in [-0.2, -0.15) is 0 Å². The van der Waals surface area contributed by atoms with Gasteiger partial charge in [-0.25, -0.2) is 4.39 Å². The molecule has 0 saturated heterocycles. The van der Waals surface area contributed by atoms with Crippen LogP contribution in [0.1, 0.15) is 18.0 Å². The number of esters is 1. The minimum atomic E-state index is -0.339. The van der Waals surface area contributed by atoms with Crippen molar-refractivity contribution in [2.24, 2.45) is 0 Å². The van der Waals surface area contributed by atoms with Gasteiger partial charge in [0.15, 0.2) is 0 Å². The Kier molecular flexibility index (Phi) is 3.59. The Hall–Kier alpha value is -1.42. The molecule has 0 radical (unpaired) electrons. The molecule has 0 fully saturated rings. The van der Waals surface area contributed by atoms with Crippen molar-refractivity contribution >= 4 is 5.97 Å². The first-order valence-corrected chi connectivity index (χ1v) is 4.29. The average Bonchev–Trinajstić information content (AvgIpc) is 2.17. The number of hydrogen-bond acceptors (Lipinski definition) is 2. The highest BCUT2D eigenvalue weighted by Crippen LogP contribution is 2.13. The molecule has 14 heavy (non-hydrogen) atoms. The lowest BCUT2D eigenvalue weighted by atomic mass is 10.1. The molecule has 4 heteroatoms. The molecule has 0 amide bonds. The van der Waals surface area contributed by atoms with Crippen molar-refractivity contribution in [2.45, 2.75) is 12.5 Å². The monoisotopic (exact) mass is 198 g/mol. The van der Waals surface area contributed by atoms with Crippen LogP contribution in [0, 0.1) is 5.82 Å². The molecule has 3 N–H and O–H groups in total. The standard InChI is InChI=1S/C10H12FNO2/c1-14-10(13)6-9(12)7-3-2-4-8(11)5-7/h2-5,9H,6,12H2,1H3/p+1. The van der Waals surface area contributed by atoms with Gasteiger partial charge in [0.05, 0.1) is 7.11 Å². The molecule has 1 unspecified atom stereocenters. The van der Waals surface area contributed by atoms with Gasteiger partial charge in [0.25, 0.3) is 0 Å². The zero-order valence-electron chi connectivity index (χ0n) is 8.00. The SMILES string of the molecule is COC(=O)CC([NH3+])c1cccc(F)c1. The average molecular weight is 198 g/mol. The maximum absolute atomic E-state index is 12.8. The van der Waals surface area contributed by atoms with E-state index in [1.807, 2.05) is 0 Å². The second kappa shape index (κ2) is 4.72. The van der Waals surface area contributed by atoms with Crippen LogP contribution in [0.15, 0.2) is 24.3 Å². The van der Waals surface area contributed by atoms with Gasteiger partial charge < -0.3 is 10.5 Å². The molecule has 0 heterocycles. The van der Waals surface area contributed by atoms with Crippen molar-refractivity contribution in [2.75, 3.05) is 7.11 Å². The van der Waals surface area contributed by atoms with E-state index in [0.29, 0.717) is 5.56 Å². The quantitative estimate of drug-likeness (QED) is 0.726. The first-order valence-electron chi connectivity index (χ1n) is 4.29. The lowest BCUT2D eigenvalue weighted by Crippen LogP contribution is -2.54. The minimum Gasteiger partial charge on any atom is -0.469 e. The van der Waals surface area contributed by atoms with E-state index in [1.165, 1.54) is 19.2 Å². The molecule has 1 atom stereocenters. The lowest BCUT2D eigenvalue weighted by molar-refractivity contribution is -0.425. The Morgan fingerprint density at radius 2 is 2.36 bits per heavy atom. The topological polar surface area (TPSA) is 53.9 Å². The molecular weight excluding hydrogens is 185 g/mol. The third kappa shape index (κ3) is 2.81. The molecule has 76 valence electrons. The van der Waals surface area contributed by atoms with Crippen molar-refractivity contribution in [3.05, 3.63) is 35.6 Å². The molecule has 0 aromatic heterocycles. The summed E-state index contributed by atoms with van der Waals surface area (Å²) < 4.78 is 17.3. The van der Waals surface area contributed by atoms with Gasteiger partial charge in [-0.1, -0.05) is 12.1 Å². The van der Waals surface area contributed by atoms with E-state index < -0.39 is 0 Å². The third-order valence-corrected chi connectivity index (χ3v) is 1.96. The number of benzene rings is 1. The van der Waals surface area contributed by atoms with Crippen molar-refractivity contribution in [3.8, 4) is 0 Å². The van der Waals surface area contributed by atoms with Crippen molar-refractivity contribution < 1.29 is 19.7 Å². The number of carbonyl (C=O) groups is 1. The Labute approximate surface area is 81.7 Å². The molecule has 0 aliphatic heterocycles. The van der Waals surface area contributed by atoms with E-state index in [0.717, 1.165) is 0 Å². The molecule has 1 rings (SSSR count). The Morgan fingerprint density at radius 3 is 2.93 bits per heavy atom. The van der Waals surface area contributed by atoms with Crippen molar-refractivity contribution in [1.82, 2.24) is 0 Å². The summed E-state index contributed by atoms with van der Waals surface area (Å²) in [5, 5.41) is 0. The molecule has 1 aromatic carbocycles. The van der Waals surface area contributed by atoms with E-state index in [4.69, 9.17) is 0 Å². The molecule has 0 bridgehead atoms. The fourth-order valence-electron chi connectivity index (χ4n) is 1.16. The summed E-state index contributed by atoms with van der Waals surface area (Å²) in [5.74, 6) is -0.657. The highest BCUT2D eigenvalue weighted by Gasteiger charge is 2.15. The Balaban J connectivity index is 2.69. The molecular formula is C10H13FNO2+. The molecule has 0 aliphatic carbocycles. The van der Waals surface area contributed by atoms with Gasteiger partial charge in [0, 0.05) is 5.56 Å². The van der Waals surface area contributed by atoms with Crippen LogP contribution in [0.25, 0.3) is 0 Å². The van der Waals surface area contributed by atoms with Gasteiger partial charge in [-0.15, -0.1) is 0 Å². The smallest absolute Gasteiger partial charge is 0.311 e. The van der Waals surface area contributed by atoms with Crippen LogP contribution in [0.5, 0.6) is 0 Å². The summed E-state index contributed by atoms with van der Waals surface area (Å²) in [6.07, 6.45) is 0.167. The van der Waals surface area contributed by atoms with E-state index in [9.17, 15) is 9.18 Å². The molecule has 0 aliphatic rings. The lowest BCUT2D eigenvalue weighted by Gasteiger charge is -2.06. The third-order valence-electron chi connectivity index (χ3n) is 1.96. The first-order chi connectivity index (χ1) is 6.63. The zero-order valence-corrected chi connectivity index (χ0v) is 8.00. The number of carbonyl (C=O) groups excluding carboxylic acids is 1. The fraction of sp³-hybridized carbons (Fsp3) is 0.300. The van der Waals surface area contributed by atoms with E-state index in [1.54, 1.807) is 12.1 Å². The van der Waals surface area contributed by atoms with Crippen LogP contribution in [0.4, 0.5) is 4.39 Å². The van der Waals surface area contributed by atoms with E-state index in [2.05, 4.69) is 10.5 Å². The molecule has 0 saturated carbocycles. The van der Waals surface area contributed by atoms with Crippen LogP contribution < -0.4 is 5.73 Å². The number of quaternary nitrogens is 1. The van der Waals surface area contributed by atoms with Crippen LogP contribution in [0.3, 0.4) is 0 Å². The zero-order chi connectivity index (χ0) is 10.6. The summed E-state index contributed by atoms with van der Waals surface area (Å²) in [6.45, 7) is 0. The molecule has 0 spiro atoms. The summed E-state index contributed by atoms with van der Waals surface area (Å²) in [7, 11) is 1.32. The summed E-state index contributed by atoms with van der Waals surface area (Å²) in [5.41, 5.74) is 4.47. The fourth-order valence-corrected chi connectivity index (χ4v) is 1.16. The van der Waals surface area contributed by atoms with Gasteiger partial charge in [0.2, 0.25) is 0 Å². The van der Waals surface area contributed by atoms with Gasteiger partial charge in [-0.3, -0.25) is 4.79 Å². The van der Waals surface area contributed by atoms with Crippen LogP contribution in [-0.4, -0.2) is 13.1 Å². The molecule has 1 aromatic rings. The number of methoxy groups -OCH3 is 1. The van der Waals surface area contributed by atoms with Crippen LogP contribution in [0.2, 0.25) is 0 Å². The number of rotatable bonds is 3. The second-order valence-corrected chi connectivity index (χ2v) is 3.03. The van der Waals surface area contributed by atoms with Crippen LogP contribution >= 0.6 is 0 Å². The van der Waals surface area contributed by atoms with Gasteiger partial charge in [-0.05, 0) is 12.1 Å². The van der Waals surface area contributed by atoms with Crippen molar-refractivity contribution in [3.63, 3.8) is 0 Å². The highest BCUT2D eigenvalue weighted by molar-refractivity contribution is 5.69. The van der Waals surface area contributed by atoms with Gasteiger partial charge in [0.1, 0.15) is 18.3 Å². The largest absolute Gasteiger partial charge is 0.469 e. The molecule has 3 nitrogen and oxygen atoms in total. The maximum Gasteiger partial charge on any atom is 0.311 e. The predicted molar refractivity (Wildman–Crippen MR) is 48.7 cm³/mol. The van der Waals surface area contributed by atoms with Crippen molar-refractivity contribution in [1.29, 1.82) is 0 Å². The normalized spacial score (nSPS) is 12.2. The van der Waals surface area contributed by atoms with E-state index >= 15 is 0 Å². The summed E-state index contributed by atoms with van der Waals surface area (Å²) >= 11 is 0. The number of ether oxygens (including phenoxy) is 1. The van der Waals surface area contributed by atoms with E-state index in [-0.39, 0.29) is 24.2 Å². The number of hydrogen-bond donors (Lipinski definition) is 1. The predicted octanol–water partition coefficient (Wildman–Crippen LogP) is 0.672. The van der Waals surface area contributed by atoms with Crippen LogP contribution in [-0.2, 0) is 9.53 Å². The second-order valence-electron chi connectivity index (χ2n) is 3.03. The summed E-state index contributed by atoms with van der Waals surface area (Å²) in [4.78, 5) is 10.9. The summed E-state index contributed by atoms with van der Waals surface area (Å²) in [6, 6.07) is 5.80. The highest BCUT2D eigenvalue weighted by atomic mass is 19.1. The Bertz CT molecular complexity index is 328. The maximum atomic E-state index is 12.8. The number of halogens is 1. The Morgan fingerprint density at radius 1 is 1.64 bits per heavy atom. The van der Waals surface area contributed by atoms with Gasteiger partial charge >= 0.3 is 5.97 Å².